The summed E-state index contributed by atoms with van der Waals surface area (Å²) in [4.78, 5) is 18.0. The van der Waals surface area contributed by atoms with Crippen LogP contribution in [0.3, 0.4) is 0 Å². The molecule has 2 rings (SSSR count). The number of aromatic amines is 1. The van der Waals surface area contributed by atoms with Crippen LogP contribution in [0.15, 0.2) is 12.5 Å². The van der Waals surface area contributed by atoms with Crippen LogP contribution in [0.25, 0.3) is 0 Å². The summed E-state index contributed by atoms with van der Waals surface area (Å²) in [6.07, 6.45) is 7.20. The molecule has 0 aliphatic carbocycles. The first-order valence-corrected chi connectivity index (χ1v) is 6.19. The maximum absolute atomic E-state index is 11.2. The third-order valence-corrected chi connectivity index (χ3v) is 3.46. The Bertz CT molecular complexity index is 345. The van der Waals surface area contributed by atoms with E-state index in [1.54, 1.807) is 6.20 Å². The van der Waals surface area contributed by atoms with Crippen molar-refractivity contribution in [3.05, 3.63) is 18.2 Å². The van der Waals surface area contributed by atoms with Crippen LogP contribution in [0.2, 0.25) is 0 Å². The summed E-state index contributed by atoms with van der Waals surface area (Å²) in [7, 11) is 0. The van der Waals surface area contributed by atoms with E-state index in [1.165, 1.54) is 19.2 Å². The molecule has 0 bridgehead atoms. The van der Waals surface area contributed by atoms with Gasteiger partial charge in [-0.15, -0.1) is 0 Å². The Morgan fingerprint density at radius 2 is 2.53 bits per heavy atom. The molecule has 2 unspecified atom stereocenters. The maximum atomic E-state index is 11.2. The van der Waals surface area contributed by atoms with Crippen molar-refractivity contribution in [3.63, 3.8) is 0 Å². The number of hydrogen-bond acceptors (Lipinski definition) is 3. The van der Waals surface area contributed by atoms with Crippen LogP contribution in [0.4, 0.5) is 0 Å². The summed E-state index contributed by atoms with van der Waals surface area (Å²) >= 11 is 0. The summed E-state index contributed by atoms with van der Waals surface area (Å²) in [5.41, 5.74) is 0.710. The molecule has 0 radical (unpaired) electrons. The minimum atomic E-state index is -0.766. The van der Waals surface area contributed by atoms with Gasteiger partial charge >= 0.3 is 5.97 Å². The predicted octanol–water partition coefficient (Wildman–Crippen LogP) is 1.36. The molecule has 17 heavy (non-hydrogen) atoms. The number of carboxylic acid groups (broad SMARTS) is 1. The van der Waals surface area contributed by atoms with Crippen LogP contribution in [0.1, 0.15) is 37.3 Å². The Morgan fingerprint density at radius 1 is 1.65 bits per heavy atom. The maximum Gasteiger partial charge on any atom is 0.312 e. The van der Waals surface area contributed by atoms with Gasteiger partial charge in [-0.05, 0) is 44.7 Å². The van der Waals surface area contributed by atoms with Gasteiger partial charge in [0.2, 0.25) is 0 Å². The third kappa shape index (κ3) is 3.30. The molecule has 5 heteroatoms. The van der Waals surface area contributed by atoms with Gasteiger partial charge in [0, 0.05) is 11.9 Å². The van der Waals surface area contributed by atoms with Gasteiger partial charge in [0.25, 0.3) is 0 Å². The Kier molecular flexibility index (Phi) is 4.14. The highest BCUT2D eigenvalue weighted by Gasteiger charge is 2.23. The van der Waals surface area contributed by atoms with E-state index in [-0.39, 0.29) is 0 Å². The third-order valence-electron chi connectivity index (χ3n) is 3.46. The highest BCUT2D eigenvalue weighted by atomic mass is 16.4. The molecule has 5 nitrogen and oxygen atoms in total. The summed E-state index contributed by atoms with van der Waals surface area (Å²) in [6, 6.07) is 0. The van der Waals surface area contributed by atoms with Crippen molar-refractivity contribution < 1.29 is 9.90 Å². The van der Waals surface area contributed by atoms with Crippen molar-refractivity contribution in [1.29, 1.82) is 0 Å². The van der Waals surface area contributed by atoms with E-state index in [9.17, 15) is 9.90 Å². The van der Waals surface area contributed by atoms with Gasteiger partial charge in [-0.25, -0.2) is 4.98 Å². The molecular weight excluding hydrogens is 218 g/mol. The second kappa shape index (κ2) is 5.82. The number of carbonyl (C=O) groups is 1. The molecule has 1 aliphatic rings. The number of imidazole rings is 1. The fourth-order valence-electron chi connectivity index (χ4n) is 2.44. The molecule has 94 valence electrons. The SMILES string of the molecule is O=C(O)C(CCC1CCCNC1)c1cnc[nH]1. The number of hydrogen-bond donors (Lipinski definition) is 3. The standard InChI is InChI=1S/C12H19N3O2/c16-12(17)10(11-7-14-8-15-11)4-3-9-2-1-5-13-6-9/h7-10,13H,1-6H2,(H,14,15)(H,16,17). The van der Waals surface area contributed by atoms with Gasteiger partial charge in [-0.1, -0.05) is 0 Å². The first-order chi connectivity index (χ1) is 8.27. The number of piperidine rings is 1. The number of carboxylic acids is 1. The topological polar surface area (TPSA) is 78.0 Å². The number of H-pyrrole nitrogens is 1. The molecule has 1 fully saturated rings. The minimum absolute atomic E-state index is 0.445. The Labute approximate surface area is 101 Å². The quantitative estimate of drug-likeness (QED) is 0.722. The van der Waals surface area contributed by atoms with Gasteiger partial charge in [0.15, 0.2) is 0 Å². The molecule has 3 N–H and O–H groups in total. The summed E-state index contributed by atoms with van der Waals surface area (Å²) in [5, 5.41) is 12.6. The van der Waals surface area contributed by atoms with E-state index in [4.69, 9.17) is 0 Å². The zero-order chi connectivity index (χ0) is 12.1. The molecule has 1 aliphatic heterocycles. The van der Waals surface area contributed by atoms with Gasteiger partial charge in [-0.2, -0.15) is 0 Å². The van der Waals surface area contributed by atoms with Gasteiger partial charge < -0.3 is 15.4 Å². The lowest BCUT2D eigenvalue weighted by molar-refractivity contribution is -0.139. The van der Waals surface area contributed by atoms with Crippen LogP contribution < -0.4 is 5.32 Å². The lowest BCUT2D eigenvalue weighted by Crippen LogP contribution is -2.30. The van der Waals surface area contributed by atoms with Crippen LogP contribution in [0.5, 0.6) is 0 Å². The Morgan fingerprint density at radius 3 is 3.12 bits per heavy atom. The second-order valence-corrected chi connectivity index (χ2v) is 4.69. The molecule has 1 saturated heterocycles. The van der Waals surface area contributed by atoms with Gasteiger partial charge in [-0.3, -0.25) is 4.79 Å². The minimum Gasteiger partial charge on any atom is -0.481 e. The number of aromatic nitrogens is 2. The average molecular weight is 237 g/mol. The first kappa shape index (κ1) is 12.1. The van der Waals surface area contributed by atoms with Crippen LogP contribution in [0, 0.1) is 5.92 Å². The van der Waals surface area contributed by atoms with Crippen molar-refractivity contribution in [3.8, 4) is 0 Å². The monoisotopic (exact) mass is 237 g/mol. The molecular formula is C12H19N3O2. The fourth-order valence-corrected chi connectivity index (χ4v) is 2.44. The summed E-state index contributed by atoms with van der Waals surface area (Å²) in [5.74, 6) is -0.592. The van der Waals surface area contributed by atoms with E-state index >= 15 is 0 Å². The van der Waals surface area contributed by atoms with E-state index < -0.39 is 11.9 Å². The van der Waals surface area contributed by atoms with E-state index in [0.717, 1.165) is 19.5 Å². The van der Waals surface area contributed by atoms with E-state index in [1.807, 2.05) is 0 Å². The molecule has 2 atom stereocenters. The number of aliphatic carboxylic acids is 1. The fraction of sp³-hybridized carbons (Fsp3) is 0.667. The highest BCUT2D eigenvalue weighted by Crippen LogP contribution is 2.24. The lowest BCUT2D eigenvalue weighted by atomic mass is 9.89. The number of nitrogens with one attached hydrogen (secondary N) is 2. The van der Waals surface area contributed by atoms with Crippen molar-refractivity contribution in [1.82, 2.24) is 15.3 Å². The zero-order valence-electron chi connectivity index (χ0n) is 9.85. The van der Waals surface area contributed by atoms with E-state index in [0.29, 0.717) is 18.0 Å². The molecule has 0 amide bonds. The number of rotatable bonds is 5. The predicted molar refractivity (Wildman–Crippen MR) is 63.8 cm³/mol. The van der Waals surface area contributed by atoms with Crippen molar-refractivity contribution in [2.75, 3.05) is 13.1 Å². The normalized spacial score (nSPS) is 22.2. The first-order valence-electron chi connectivity index (χ1n) is 6.19. The van der Waals surface area contributed by atoms with Gasteiger partial charge in [0.1, 0.15) is 0 Å². The summed E-state index contributed by atoms with van der Waals surface area (Å²) in [6.45, 7) is 2.12. The Hall–Kier alpha value is -1.36. The van der Waals surface area contributed by atoms with Crippen molar-refractivity contribution in [2.45, 2.75) is 31.6 Å². The highest BCUT2D eigenvalue weighted by molar-refractivity contribution is 5.75. The van der Waals surface area contributed by atoms with Crippen LogP contribution in [-0.4, -0.2) is 34.1 Å². The molecule has 2 heterocycles. The summed E-state index contributed by atoms with van der Waals surface area (Å²) < 4.78 is 0. The molecule has 1 aromatic rings. The van der Waals surface area contributed by atoms with Crippen LogP contribution in [-0.2, 0) is 4.79 Å². The van der Waals surface area contributed by atoms with E-state index in [2.05, 4.69) is 15.3 Å². The second-order valence-electron chi connectivity index (χ2n) is 4.69. The van der Waals surface area contributed by atoms with Gasteiger partial charge in [0.05, 0.1) is 12.2 Å². The van der Waals surface area contributed by atoms with Crippen LogP contribution >= 0.6 is 0 Å². The molecule has 1 aromatic heterocycles. The van der Waals surface area contributed by atoms with Crippen molar-refractivity contribution in [2.24, 2.45) is 5.92 Å². The average Bonchev–Trinajstić information content (AvgIpc) is 2.84. The largest absolute Gasteiger partial charge is 0.481 e. The molecule has 0 aromatic carbocycles. The lowest BCUT2D eigenvalue weighted by Gasteiger charge is -2.23. The molecule has 0 saturated carbocycles. The zero-order valence-corrected chi connectivity index (χ0v) is 9.85. The molecule has 0 spiro atoms. The van der Waals surface area contributed by atoms with Crippen molar-refractivity contribution >= 4 is 5.97 Å². The smallest absolute Gasteiger partial charge is 0.312 e. The number of nitrogens with zero attached hydrogens (tertiary/aromatic N) is 1. The Balaban J connectivity index is 1.88.